The molecule has 0 atom stereocenters. The summed E-state index contributed by atoms with van der Waals surface area (Å²) in [6.07, 6.45) is 4.50. The molecular formula is C19H24N6. The molecule has 0 unspecified atom stereocenters. The van der Waals surface area contributed by atoms with Crippen LogP contribution in [0.2, 0.25) is 0 Å². The van der Waals surface area contributed by atoms with E-state index in [-0.39, 0.29) is 0 Å². The Labute approximate surface area is 147 Å². The molecule has 0 aliphatic heterocycles. The minimum atomic E-state index is 0.366. The molecule has 1 aromatic carbocycles. The average Bonchev–Trinajstić information content (AvgIpc) is 3.35. The van der Waals surface area contributed by atoms with E-state index in [4.69, 9.17) is 4.98 Å². The van der Waals surface area contributed by atoms with E-state index in [0.717, 1.165) is 29.6 Å². The summed E-state index contributed by atoms with van der Waals surface area (Å²) in [5.41, 5.74) is 3.22. The van der Waals surface area contributed by atoms with Crippen molar-refractivity contribution in [1.82, 2.24) is 19.6 Å². The van der Waals surface area contributed by atoms with E-state index < -0.39 is 0 Å². The maximum atomic E-state index is 4.71. The Morgan fingerprint density at radius 1 is 1.12 bits per heavy atom. The predicted octanol–water partition coefficient (Wildman–Crippen LogP) is 3.68. The van der Waals surface area contributed by atoms with Crippen LogP contribution in [-0.2, 0) is 6.54 Å². The monoisotopic (exact) mass is 336 g/mol. The first-order valence-corrected chi connectivity index (χ1v) is 8.98. The summed E-state index contributed by atoms with van der Waals surface area (Å²) in [6.45, 7) is 5.96. The fourth-order valence-electron chi connectivity index (χ4n) is 2.83. The van der Waals surface area contributed by atoms with Crippen LogP contribution in [0.1, 0.15) is 43.7 Å². The maximum Gasteiger partial charge on any atom is 0.229 e. The minimum absolute atomic E-state index is 0.366. The lowest BCUT2D eigenvalue weighted by atomic mass is 10.1. The highest BCUT2D eigenvalue weighted by Crippen LogP contribution is 2.29. The molecule has 25 heavy (non-hydrogen) atoms. The number of nitrogens with one attached hydrogen (secondary N) is 2. The van der Waals surface area contributed by atoms with Crippen LogP contribution in [0.15, 0.2) is 36.5 Å². The normalized spacial score (nSPS) is 14.2. The number of anilines is 2. The number of nitrogens with zero attached hydrogens (tertiary/aromatic N) is 4. The number of rotatable bonds is 7. The molecule has 0 saturated heterocycles. The topological polar surface area (TPSA) is 67.1 Å². The Balaban J connectivity index is 1.64. The van der Waals surface area contributed by atoms with Crippen molar-refractivity contribution in [1.29, 1.82) is 0 Å². The van der Waals surface area contributed by atoms with Gasteiger partial charge in [0.05, 0.1) is 6.20 Å². The summed E-state index contributed by atoms with van der Waals surface area (Å²) in [5, 5.41) is 11.3. The lowest BCUT2D eigenvalue weighted by molar-refractivity contribution is 0.844. The van der Waals surface area contributed by atoms with Crippen molar-refractivity contribution >= 4 is 17.5 Å². The van der Waals surface area contributed by atoms with Gasteiger partial charge < -0.3 is 10.6 Å². The molecule has 2 N–H and O–H groups in total. The summed E-state index contributed by atoms with van der Waals surface area (Å²) in [5.74, 6) is 2.54. The number of hydrogen-bond donors (Lipinski definition) is 2. The zero-order valence-corrected chi connectivity index (χ0v) is 14.7. The van der Waals surface area contributed by atoms with E-state index in [1.807, 2.05) is 24.4 Å². The van der Waals surface area contributed by atoms with Crippen molar-refractivity contribution in [2.24, 2.45) is 5.92 Å². The zero-order chi connectivity index (χ0) is 17.2. The Hall–Kier alpha value is -2.63. The number of aromatic nitrogens is 4. The summed E-state index contributed by atoms with van der Waals surface area (Å²) in [4.78, 5) is 9.37. The summed E-state index contributed by atoms with van der Waals surface area (Å²) >= 11 is 0. The van der Waals surface area contributed by atoms with E-state index >= 15 is 0 Å². The fourth-order valence-corrected chi connectivity index (χ4v) is 2.83. The molecule has 2 heterocycles. The Morgan fingerprint density at radius 3 is 2.64 bits per heavy atom. The predicted molar refractivity (Wildman–Crippen MR) is 99.9 cm³/mol. The van der Waals surface area contributed by atoms with E-state index in [1.165, 1.54) is 18.4 Å². The van der Waals surface area contributed by atoms with Crippen molar-refractivity contribution < 1.29 is 0 Å². The van der Waals surface area contributed by atoms with Gasteiger partial charge in [0, 0.05) is 18.7 Å². The Kier molecular flexibility index (Phi) is 4.26. The van der Waals surface area contributed by atoms with E-state index in [2.05, 4.69) is 46.7 Å². The Bertz CT molecular complexity index is 851. The van der Waals surface area contributed by atoms with Gasteiger partial charge in [0.2, 0.25) is 11.9 Å². The molecule has 0 amide bonds. The van der Waals surface area contributed by atoms with E-state index in [1.54, 1.807) is 4.52 Å². The summed E-state index contributed by atoms with van der Waals surface area (Å²) in [6, 6.07) is 10.3. The third-order valence-electron chi connectivity index (χ3n) is 4.56. The van der Waals surface area contributed by atoms with Crippen molar-refractivity contribution in [2.75, 3.05) is 17.2 Å². The third-order valence-corrected chi connectivity index (χ3v) is 4.56. The molecule has 6 heteroatoms. The van der Waals surface area contributed by atoms with Gasteiger partial charge in [-0.05, 0) is 30.2 Å². The standard InChI is InChI=1S/C19H24N6/c1-13(2)16-12-22-25-17(16)23-18(20-10-15-8-9-15)24-19(25)21-11-14-6-4-3-5-7-14/h3-7,12-13,15H,8-11H2,1-2H3,(H2,20,21,23,24). The lowest BCUT2D eigenvalue weighted by Gasteiger charge is -2.11. The maximum absolute atomic E-state index is 4.71. The molecule has 1 saturated carbocycles. The van der Waals surface area contributed by atoms with Crippen molar-refractivity contribution in [3.8, 4) is 0 Å². The van der Waals surface area contributed by atoms with Crippen LogP contribution in [0, 0.1) is 5.92 Å². The second kappa shape index (κ2) is 6.70. The molecule has 130 valence electrons. The van der Waals surface area contributed by atoms with Gasteiger partial charge in [0.25, 0.3) is 0 Å². The number of benzene rings is 1. The first-order chi connectivity index (χ1) is 12.2. The highest BCUT2D eigenvalue weighted by Gasteiger charge is 2.22. The molecule has 1 aliphatic rings. The van der Waals surface area contributed by atoms with Gasteiger partial charge in [-0.15, -0.1) is 0 Å². The molecule has 0 radical (unpaired) electrons. The van der Waals surface area contributed by atoms with Crippen LogP contribution in [0.25, 0.3) is 5.65 Å². The second-order valence-corrected chi connectivity index (χ2v) is 7.02. The van der Waals surface area contributed by atoms with Crippen molar-refractivity contribution in [3.05, 3.63) is 47.7 Å². The van der Waals surface area contributed by atoms with E-state index in [9.17, 15) is 0 Å². The van der Waals surface area contributed by atoms with Crippen LogP contribution < -0.4 is 10.6 Å². The van der Waals surface area contributed by atoms with Gasteiger partial charge in [-0.2, -0.15) is 19.6 Å². The van der Waals surface area contributed by atoms with Crippen molar-refractivity contribution in [2.45, 2.75) is 39.2 Å². The lowest BCUT2D eigenvalue weighted by Crippen LogP contribution is -2.13. The molecular weight excluding hydrogens is 312 g/mol. The zero-order valence-electron chi connectivity index (χ0n) is 14.7. The molecule has 2 aromatic heterocycles. The van der Waals surface area contributed by atoms with Crippen molar-refractivity contribution in [3.63, 3.8) is 0 Å². The van der Waals surface area contributed by atoms with Gasteiger partial charge in [-0.1, -0.05) is 44.2 Å². The minimum Gasteiger partial charge on any atom is -0.354 e. The van der Waals surface area contributed by atoms with Gasteiger partial charge in [-0.3, -0.25) is 0 Å². The van der Waals surface area contributed by atoms with Crippen LogP contribution in [0.4, 0.5) is 11.9 Å². The molecule has 1 aliphatic carbocycles. The highest BCUT2D eigenvalue weighted by molar-refractivity contribution is 5.55. The number of fused-ring (bicyclic) bond motifs is 1. The second-order valence-electron chi connectivity index (χ2n) is 7.02. The van der Waals surface area contributed by atoms with Crippen LogP contribution in [0.5, 0.6) is 0 Å². The van der Waals surface area contributed by atoms with Gasteiger partial charge in [0.1, 0.15) is 0 Å². The molecule has 0 spiro atoms. The highest BCUT2D eigenvalue weighted by atomic mass is 15.4. The quantitative estimate of drug-likeness (QED) is 0.689. The third kappa shape index (κ3) is 3.57. The van der Waals surface area contributed by atoms with E-state index in [0.29, 0.717) is 18.4 Å². The first-order valence-electron chi connectivity index (χ1n) is 8.98. The van der Waals surface area contributed by atoms with Crippen LogP contribution in [-0.4, -0.2) is 26.1 Å². The van der Waals surface area contributed by atoms with Gasteiger partial charge in [0.15, 0.2) is 5.65 Å². The average molecular weight is 336 g/mol. The SMILES string of the molecule is CC(C)c1cnn2c(NCc3ccccc3)nc(NCC3CC3)nc12. The van der Waals surface area contributed by atoms with Gasteiger partial charge in [-0.25, -0.2) is 0 Å². The summed E-state index contributed by atoms with van der Waals surface area (Å²) in [7, 11) is 0. The molecule has 1 fully saturated rings. The molecule has 0 bridgehead atoms. The largest absolute Gasteiger partial charge is 0.354 e. The smallest absolute Gasteiger partial charge is 0.229 e. The van der Waals surface area contributed by atoms with Gasteiger partial charge >= 0.3 is 0 Å². The summed E-state index contributed by atoms with van der Waals surface area (Å²) < 4.78 is 1.81. The van der Waals surface area contributed by atoms with Crippen LogP contribution >= 0.6 is 0 Å². The fraction of sp³-hybridized carbons (Fsp3) is 0.421. The first kappa shape index (κ1) is 15.9. The molecule has 3 aromatic rings. The Morgan fingerprint density at radius 2 is 1.92 bits per heavy atom. The number of hydrogen-bond acceptors (Lipinski definition) is 5. The molecule has 6 nitrogen and oxygen atoms in total. The molecule has 4 rings (SSSR count). The van der Waals surface area contributed by atoms with Crippen LogP contribution in [0.3, 0.4) is 0 Å².